The molecule has 0 fully saturated rings. The number of carbonyl (C=O) groups is 1. The number of carbonyl (C=O) groups excluding carboxylic acids is 1. The summed E-state index contributed by atoms with van der Waals surface area (Å²) in [4.78, 5) is 13.6. The van der Waals surface area contributed by atoms with Crippen LogP contribution in [0.3, 0.4) is 0 Å². The molecule has 0 aliphatic rings. The third-order valence-electron chi connectivity index (χ3n) is 2.52. The Balaban J connectivity index is 2.84. The molecule has 0 spiro atoms. The van der Waals surface area contributed by atoms with Crippen LogP contribution in [-0.4, -0.2) is 34.7 Å². The second kappa shape index (κ2) is 6.86. The molecular weight excluding hydrogens is 315 g/mol. The number of aliphatic hydroxyl groups is 1. The summed E-state index contributed by atoms with van der Waals surface area (Å²) in [6, 6.07) is 3.63. The van der Waals surface area contributed by atoms with Gasteiger partial charge in [0.25, 0.3) is 0 Å². The molecule has 1 unspecified atom stereocenters. The zero-order chi connectivity index (χ0) is 14.6. The fourth-order valence-electron chi connectivity index (χ4n) is 1.59. The summed E-state index contributed by atoms with van der Waals surface area (Å²) < 4.78 is 13.7. The third kappa shape index (κ3) is 4.80. The summed E-state index contributed by atoms with van der Waals surface area (Å²) in [5.74, 6) is -0.426. The van der Waals surface area contributed by atoms with Gasteiger partial charge in [-0.05, 0) is 54.9 Å². The molecule has 19 heavy (non-hydrogen) atoms. The molecule has 1 aromatic carbocycles. The summed E-state index contributed by atoms with van der Waals surface area (Å²) >= 11 is 3.25. The van der Waals surface area contributed by atoms with Crippen LogP contribution in [0, 0.1) is 5.82 Å². The van der Waals surface area contributed by atoms with E-state index in [9.17, 15) is 14.3 Å². The van der Waals surface area contributed by atoms with Crippen LogP contribution in [0.25, 0.3) is 0 Å². The molecule has 1 aromatic rings. The number of amides is 2. The smallest absolute Gasteiger partial charge is 0.322 e. The fourth-order valence-corrected chi connectivity index (χ4v) is 1.94. The highest BCUT2D eigenvalue weighted by Crippen LogP contribution is 2.23. The lowest BCUT2D eigenvalue weighted by atomic mass is 10.2. The molecule has 1 atom stereocenters. The minimum absolute atomic E-state index is 0.0677. The van der Waals surface area contributed by atoms with E-state index in [1.807, 2.05) is 13.8 Å². The molecule has 2 amide bonds. The number of hydrogen-bond acceptors (Lipinski definition) is 2. The predicted molar refractivity (Wildman–Crippen MR) is 76.6 cm³/mol. The molecule has 0 bridgehead atoms. The fraction of sp³-hybridized carbons (Fsp3) is 0.462. The first-order valence-corrected chi connectivity index (χ1v) is 6.81. The number of rotatable bonds is 4. The van der Waals surface area contributed by atoms with E-state index < -0.39 is 11.9 Å². The molecule has 4 nitrogen and oxygen atoms in total. The maximum Gasteiger partial charge on any atom is 0.322 e. The highest BCUT2D eigenvalue weighted by Gasteiger charge is 2.19. The first-order chi connectivity index (χ1) is 8.81. The number of nitrogens with one attached hydrogen (secondary N) is 1. The van der Waals surface area contributed by atoms with Gasteiger partial charge < -0.3 is 15.3 Å². The Labute approximate surface area is 120 Å². The molecule has 6 heteroatoms. The maximum absolute atomic E-state index is 13.1. The van der Waals surface area contributed by atoms with Crippen molar-refractivity contribution in [2.24, 2.45) is 0 Å². The summed E-state index contributed by atoms with van der Waals surface area (Å²) in [6.45, 7) is 5.53. The normalized spacial score (nSPS) is 12.4. The van der Waals surface area contributed by atoms with Gasteiger partial charge in [-0.15, -0.1) is 0 Å². The minimum atomic E-state index is -0.621. The zero-order valence-corrected chi connectivity index (χ0v) is 12.7. The molecule has 0 aromatic heterocycles. The first kappa shape index (κ1) is 15.9. The first-order valence-electron chi connectivity index (χ1n) is 6.02. The Kier molecular flexibility index (Phi) is 5.75. The Hall–Kier alpha value is -1.14. The lowest BCUT2D eigenvalue weighted by molar-refractivity contribution is 0.125. The molecule has 0 saturated heterocycles. The SMILES string of the molecule is CC(O)CN(C(=O)Nc1cc(F)ccc1Br)C(C)C. The highest BCUT2D eigenvalue weighted by molar-refractivity contribution is 9.10. The molecule has 0 saturated carbocycles. The van der Waals surface area contributed by atoms with Crippen molar-refractivity contribution in [3.05, 3.63) is 28.5 Å². The minimum Gasteiger partial charge on any atom is -0.392 e. The van der Waals surface area contributed by atoms with Crippen LogP contribution in [0.1, 0.15) is 20.8 Å². The van der Waals surface area contributed by atoms with Crippen molar-refractivity contribution in [2.45, 2.75) is 32.9 Å². The monoisotopic (exact) mass is 332 g/mol. The maximum atomic E-state index is 13.1. The van der Waals surface area contributed by atoms with Gasteiger partial charge in [0.2, 0.25) is 0 Å². The van der Waals surface area contributed by atoms with Gasteiger partial charge in [0.1, 0.15) is 5.82 Å². The molecule has 0 aliphatic heterocycles. The van der Waals surface area contributed by atoms with Crippen LogP contribution in [0.15, 0.2) is 22.7 Å². The van der Waals surface area contributed by atoms with E-state index >= 15 is 0 Å². The number of anilines is 1. The summed E-state index contributed by atoms with van der Waals surface area (Å²) in [7, 11) is 0. The van der Waals surface area contributed by atoms with Crippen LogP contribution in [-0.2, 0) is 0 Å². The van der Waals surface area contributed by atoms with Crippen molar-refractivity contribution < 1.29 is 14.3 Å². The van der Waals surface area contributed by atoms with E-state index in [-0.39, 0.29) is 18.6 Å². The number of benzene rings is 1. The summed E-state index contributed by atoms with van der Waals surface area (Å²) in [5.41, 5.74) is 0.362. The van der Waals surface area contributed by atoms with Crippen LogP contribution >= 0.6 is 15.9 Å². The Morgan fingerprint density at radius 1 is 1.47 bits per heavy atom. The van der Waals surface area contributed by atoms with Gasteiger partial charge in [-0.3, -0.25) is 0 Å². The van der Waals surface area contributed by atoms with Crippen LogP contribution in [0.5, 0.6) is 0 Å². The average Bonchev–Trinajstić information content (AvgIpc) is 2.30. The van der Waals surface area contributed by atoms with Gasteiger partial charge >= 0.3 is 6.03 Å². The Bertz CT molecular complexity index is 452. The third-order valence-corrected chi connectivity index (χ3v) is 3.21. The Morgan fingerprint density at radius 2 is 2.11 bits per heavy atom. The van der Waals surface area contributed by atoms with E-state index in [1.54, 1.807) is 6.92 Å². The highest BCUT2D eigenvalue weighted by atomic mass is 79.9. The molecule has 2 N–H and O–H groups in total. The molecule has 1 rings (SSSR count). The Morgan fingerprint density at radius 3 is 2.63 bits per heavy atom. The largest absolute Gasteiger partial charge is 0.392 e. The van der Waals surface area contributed by atoms with Gasteiger partial charge in [-0.25, -0.2) is 9.18 Å². The molecule has 0 aliphatic carbocycles. The van der Waals surface area contributed by atoms with Gasteiger partial charge in [-0.1, -0.05) is 0 Å². The topological polar surface area (TPSA) is 52.6 Å². The lowest BCUT2D eigenvalue weighted by Gasteiger charge is -2.28. The number of halogens is 2. The predicted octanol–water partition coefficient (Wildman–Crippen LogP) is 3.21. The number of urea groups is 1. The van der Waals surface area contributed by atoms with Gasteiger partial charge in [-0.2, -0.15) is 0 Å². The van der Waals surface area contributed by atoms with Crippen molar-refractivity contribution in [3.63, 3.8) is 0 Å². The van der Waals surface area contributed by atoms with Crippen LogP contribution in [0.4, 0.5) is 14.9 Å². The quantitative estimate of drug-likeness (QED) is 0.889. The van der Waals surface area contributed by atoms with E-state index in [1.165, 1.54) is 23.1 Å². The zero-order valence-electron chi connectivity index (χ0n) is 11.2. The van der Waals surface area contributed by atoms with Crippen molar-refractivity contribution in [1.82, 2.24) is 4.90 Å². The van der Waals surface area contributed by atoms with Crippen molar-refractivity contribution in [3.8, 4) is 0 Å². The molecule has 106 valence electrons. The summed E-state index contributed by atoms with van der Waals surface area (Å²) in [6.07, 6.45) is -0.621. The van der Waals surface area contributed by atoms with E-state index in [0.29, 0.717) is 10.2 Å². The lowest BCUT2D eigenvalue weighted by Crippen LogP contribution is -2.43. The van der Waals surface area contributed by atoms with Gasteiger partial charge in [0, 0.05) is 17.1 Å². The van der Waals surface area contributed by atoms with Gasteiger partial charge in [0.15, 0.2) is 0 Å². The van der Waals surface area contributed by atoms with E-state index in [2.05, 4.69) is 21.2 Å². The van der Waals surface area contributed by atoms with Gasteiger partial charge in [0.05, 0.1) is 11.8 Å². The number of nitrogens with zero attached hydrogens (tertiary/aromatic N) is 1. The van der Waals surface area contributed by atoms with Crippen molar-refractivity contribution >= 4 is 27.6 Å². The number of hydrogen-bond donors (Lipinski definition) is 2. The number of aliphatic hydroxyl groups excluding tert-OH is 1. The van der Waals surface area contributed by atoms with Crippen molar-refractivity contribution in [2.75, 3.05) is 11.9 Å². The molecule has 0 heterocycles. The second-order valence-corrected chi connectivity index (χ2v) is 5.50. The van der Waals surface area contributed by atoms with E-state index in [4.69, 9.17) is 0 Å². The van der Waals surface area contributed by atoms with Crippen LogP contribution in [0.2, 0.25) is 0 Å². The standard InChI is InChI=1S/C13H18BrFN2O2/c1-8(2)17(7-9(3)18)13(19)16-12-6-10(15)4-5-11(12)14/h4-6,8-9,18H,7H2,1-3H3,(H,16,19). The molecular formula is C13H18BrFN2O2. The van der Waals surface area contributed by atoms with Crippen molar-refractivity contribution in [1.29, 1.82) is 0 Å². The second-order valence-electron chi connectivity index (χ2n) is 4.65. The van der Waals surface area contributed by atoms with Crippen LogP contribution < -0.4 is 5.32 Å². The summed E-state index contributed by atoms with van der Waals surface area (Å²) in [5, 5.41) is 12.0. The van der Waals surface area contributed by atoms with E-state index in [0.717, 1.165) is 0 Å². The average molecular weight is 333 g/mol. The molecule has 0 radical (unpaired) electrons.